The molecule has 0 saturated carbocycles. The molecular weight excluding hydrogens is 315 g/mol. The quantitative estimate of drug-likeness (QED) is 0.913. The zero-order chi connectivity index (χ0) is 14.1. The smallest absolute Gasteiger partial charge is 0.290 e. The second-order valence-corrected chi connectivity index (χ2v) is 5.09. The van der Waals surface area contributed by atoms with E-state index >= 15 is 0 Å². The SMILES string of the molecule is Cl.Cn1ccnc1C1CNCCN1C(=O)c1ccc(Cl)o1. The van der Waals surface area contributed by atoms with Gasteiger partial charge in [0.2, 0.25) is 0 Å². The summed E-state index contributed by atoms with van der Waals surface area (Å²) in [5, 5.41) is 3.51. The number of carbonyl (C=O) groups is 1. The van der Waals surface area contributed by atoms with E-state index < -0.39 is 0 Å². The molecule has 1 N–H and O–H groups in total. The molecule has 1 amide bonds. The van der Waals surface area contributed by atoms with Crippen LogP contribution in [0, 0.1) is 0 Å². The van der Waals surface area contributed by atoms with Crippen LogP contribution in [0.3, 0.4) is 0 Å². The van der Waals surface area contributed by atoms with Gasteiger partial charge >= 0.3 is 0 Å². The molecule has 2 aromatic heterocycles. The molecule has 21 heavy (non-hydrogen) atoms. The minimum Gasteiger partial charge on any atom is -0.440 e. The number of hydrogen-bond donors (Lipinski definition) is 1. The largest absolute Gasteiger partial charge is 0.440 e. The second kappa shape index (κ2) is 6.51. The number of imidazole rings is 1. The molecule has 1 aliphatic heterocycles. The van der Waals surface area contributed by atoms with Crippen molar-refractivity contribution in [1.29, 1.82) is 0 Å². The zero-order valence-electron chi connectivity index (χ0n) is 11.5. The number of nitrogens with zero attached hydrogens (tertiary/aromatic N) is 3. The van der Waals surface area contributed by atoms with Crippen molar-refractivity contribution in [1.82, 2.24) is 19.8 Å². The number of hydrogen-bond acceptors (Lipinski definition) is 4. The van der Waals surface area contributed by atoms with Crippen molar-refractivity contribution in [2.24, 2.45) is 7.05 Å². The fourth-order valence-electron chi connectivity index (χ4n) is 2.45. The van der Waals surface area contributed by atoms with Crippen LogP contribution in [0.5, 0.6) is 0 Å². The Morgan fingerprint density at radius 3 is 2.95 bits per heavy atom. The molecule has 1 fully saturated rings. The van der Waals surface area contributed by atoms with Crippen molar-refractivity contribution < 1.29 is 9.21 Å². The molecular formula is C13H16Cl2N4O2. The average Bonchev–Trinajstić information content (AvgIpc) is 3.07. The lowest BCUT2D eigenvalue weighted by Gasteiger charge is -2.35. The highest BCUT2D eigenvalue weighted by Crippen LogP contribution is 2.24. The molecule has 0 radical (unpaired) electrons. The predicted octanol–water partition coefficient (Wildman–Crippen LogP) is 1.88. The third kappa shape index (κ3) is 3.07. The van der Waals surface area contributed by atoms with Gasteiger partial charge in [0.15, 0.2) is 11.0 Å². The van der Waals surface area contributed by atoms with Gasteiger partial charge in [0.1, 0.15) is 11.9 Å². The molecule has 3 rings (SSSR count). The third-order valence-electron chi connectivity index (χ3n) is 3.44. The van der Waals surface area contributed by atoms with Gasteiger partial charge in [0.05, 0.1) is 0 Å². The Balaban J connectivity index is 0.00000161. The molecule has 114 valence electrons. The van der Waals surface area contributed by atoms with Crippen molar-refractivity contribution in [3.8, 4) is 0 Å². The molecule has 8 heteroatoms. The van der Waals surface area contributed by atoms with Crippen LogP contribution in [0.15, 0.2) is 28.9 Å². The highest BCUT2D eigenvalue weighted by atomic mass is 35.5. The molecule has 6 nitrogen and oxygen atoms in total. The van der Waals surface area contributed by atoms with Gasteiger partial charge in [0, 0.05) is 39.1 Å². The molecule has 0 bridgehead atoms. The monoisotopic (exact) mass is 330 g/mol. The Kier molecular flexibility index (Phi) is 4.92. The normalized spacial score (nSPS) is 18.4. The topological polar surface area (TPSA) is 63.3 Å². The van der Waals surface area contributed by atoms with Crippen LogP contribution in [0.2, 0.25) is 5.22 Å². The molecule has 1 saturated heterocycles. The number of aromatic nitrogens is 2. The van der Waals surface area contributed by atoms with Gasteiger partial charge in [-0.2, -0.15) is 0 Å². The number of carbonyl (C=O) groups excluding carboxylic acids is 1. The number of nitrogens with one attached hydrogen (secondary N) is 1. The predicted molar refractivity (Wildman–Crippen MR) is 80.8 cm³/mol. The minimum absolute atomic E-state index is 0. The lowest BCUT2D eigenvalue weighted by molar-refractivity contribution is 0.0588. The van der Waals surface area contributed by atoms with Crippen LogP contribution in [0.25, 0.3) is 0 Å². The Labute approximate surface area is 133 Å². The Bertz CT molecular complexity index is 625. The van der Waals surface area contributed by atoms with E-state index in [1.807, 2.05) is 17.8 Å². The maximum atomic E-state index is 12.5. The highest BCUT2D eigenvalue weighted by molar-refractivity contribution is 6.29. The number of piperazine rings is 1. The van der Waals surface area contributed by atoms with Crippen molar-refractivity contribution >= 4 is 29.9 Å². The van der Waals surface area contributed by atoms with Gasteiger partial charge in [-0.25, -0.2) is 4.98 Å². The van der Waals surface area contributed by atoms with Gasteiger partial charge in [-0.1, -0.05) is 0 Å². The van der Waals surface area contributed by atoms with Crippen LogP contribution in [0.1, 0.15) is 22.4 Å². The minimum atomic E-state index is -0.161. The average molecular weight is 331 g/mol. The number of halogens is 2. The molecule has 0 aromatic carbocycles. The Hall–Kier alpha value is -1.50. The standard InChI is InChI=1S/C13H15ClN4O2.ClH/c1-17-6-5-16-12(17)9-8-15-4-7-18(9)13(19)10-2-3-11(14)20-10;/h2-3,5-6,9,15H,4,7-8H2,1H3;1H. The first-order chi connectivity index (χ1) is 9.66. The van der Waals surface area contributed by atoms with Crippen LogP contribution in [0.4, 0.5) is 0 Å². The molecule has 1 atom stereocenters. The number of aryl methyl sites for hydroxylation is 1. The summed E-state index contributed by atoms with van der Waals surface area (Å²) in [5.41, 5.74) is 0. The molecule has 1 unspecified atom stereocenters. The van der Waals surface area contributed by atoms with Gasteiger partial charge in [-0.15, -0.1) is 12.4 Å². The molecule has 3 heterocycles. The second-order valence-electron chi connectivity index (χ2n) is 4.72. The van der Waals surface area contributed by atoms with Crippen molar-refractivity contribution in [2.75, 3.05) is 19.6 Å². The van der Waals surface area contributed by atoms with Crippen LogP contribution < -0.4 is 5.32 Å². The van der Waals surface area contributed by atoms with E-state index in [0.717, 1.165) is 12.4 Å². The molecule has 0 spiro atoms. The first-order valence-corrected chi connectivity index (χ1v) is 6.79. The summed E-state index contributed by atoms with van der Waals surface area (Å²) in [5.74, 6) is 0.950. The highest BCUT2D eigenvalue weighted by Gasteiger charge is 2.32. The lowest BCUT2D eigenvalue weighted by atomic mass is 10.1. The van der Waals surface area contributed by atoms with Gasteiger partial charge < -0.3 is 19.2 Å². The zero-order valence-corrected chi connectivity index (χ0v) is 13.0. The molecule has 1 aliphatic rings. The summed E-state index contributed by atoms with van der Waals surface area (Å²) >= 11 is 5.74. The van der Waals surface area contributed by atoms with Crippen LogP contribution >= 0.6 is 24.0 Å². The first-order valence-electron chi connectivity index (χ1n) is 6.41. The maximum Gasteiger partial charge on any atom is 0.290 e. The number of furan rings is 1. The number of amides is 1. The van der Waals surface area contributed by atoms with E-state index in [0.29, 0.717) is 13.1 Å². The van der Waals surface area contributed by atoms with Crippen molar-refractivity contribution in [3.05, 3.63) is 41.3 Å². The van der Waals surface area contributed by atoms with Gasteiger partial charge in [0.25, 0.3) is 5.91 Å². The summed E-state index contributed by atoms with van der Waals surface area (Å²) in [7, 11) is 1.92. The Morgan fingerprint density at radius 2 is 2.33 bits per heavy atom. The van der Waals surface area contributed by atoms with Crippen LogP contribution in [-0.4, -0.2) is 40.0 Å². The number of rotatable bonds is 2. The summed E-state index contributed by atoms with van der Waals surface area (Å²) in [6, 6.07) is 3.06. The van der Waals surface area contributed by atoms with Crippen molar-refractivity contribution in [2.45, 2.75) is 6.04 Å². The van der Waals surface area contributed by atoms with E-state index in [1.165, 1.54) is 0 Å². The van der Waals surface area contributed by atoms with Gasteiger partial charge in [-0.05, 0) is 23.7 Å². The summed E-state index contributed by atoms with van der Waals surface area (Å²) in [6.07, 6.45) is 3.60. The van der Waals surface area contributed by atoms with E-state index in [-0.39, 0.29) is 35.3 Å². The maximum absolute atomic E-state index is 12.5. The summed E-state index contributed by atoms with van der Waals surface area (Å²) < 4.78 is 7.14. The molecule has 2 aromatic rings. The fraction of sp³-hybridized carbons (Fsp3) is 0.385. The van der Waals surface area contributed by atoms with E-state index in [2.05, 4.69) is 10.3 Å². The van der Waals surface area contributed by atoms with Crippen molar-refractivity contribution in [3.63, 3.8) is 0 Å². The molecule has 0 aliphatic carbocycles. The summed E-state index contributed by atoms with van der Waals surface area (Å²) in [4.78, 5) is 18.7. The first kappa shape index (κ1) is 15.9. The lowest BCUT2D eigenvalue weighted by Crippen LogP contribution is -2.49. The summed E-state index contributed by atoms with van der Waals surface area (Å²) in [6.45, 7) is 2.03. The third-order valence-corrected chi connectivity index (χ3v) is 3.65. The van der Waals surface area contributed by atoms with E-state index in [9.17, 15) is 4.79 Å². The Morgan fingerprint density at radius 1 is 1.52 bits per heavy atom. The van der Waals surface area contributed by atoms with Crippen LogP contribution in [-0.2, 0) is 7.05 Å². The van der Waals surface area contributed by atoms with Gasteiger partial charge in [-0.3, -0.25) is 4.79 Å². The van der Waals surface area contributed by atoms with E-state index in [4.69, 9.17) is 16.0 Å². The van der Waals surface area contributed by atoms with E-state index in [1.54, 1.807) is 23.2 Å². The fourth-order valence-corrected chi connectivity index (χ4v) is 2.59.